The Balaban J connectivity index is 1.74. The van der Waals surface area contributed by atoms with Gasteiger partial charge in [0, 0.05) is 31.9 Å². The molecule has 1 aromatic carbocycles. The Bertz CT molecular complexity index is 706. The molecular weight excluding hydrogens is 324 g/mol. The van der Waals surface area contributed by atoms with Crippen molar-refractivity contribution in [3.8, 4) is 5.75 Å². The molecule has 4 amide bonds. The molecule has 1 atom stereocenters. The fraction of sp³-hybridized carbons (Fsp3) is 0.471. The van der Waals surface area contributed by atoms with Crippen molar-refractivity contribution in [1.82, 2.24) is 10.2 Å². The summed E-state index contributed by atoms with van der Waals surface area (Å²) in [5.41, 5.74) is 1.26. The van der Waals surface area contributed by atoms with E-state index < -0.39 is 6.04 Å². The van der Waals surface area contributed by atoms with Gasteiger partial charge in [-0.15, -0.1) is 0 Å². The molecule has 8 heteroatoms. The zero-order valence-electron chi connectivity index (χ0n) is 14.4. The number of benzene rings is 1. The number of fused-ring (bicyclic) bond motifs is 1. The zero-order valence-corrected chi connectivity index (χ0v) is 14.4. The number of anilines is 2. The zero-order chi connectivity index (χ0) is 18.0. The van der Waals surface area contributed by atoms with E-state index in [1.807, 2.05) is 6.92 Å². The summed E-state index contributed by atoms with van der Waals surface area (Å²) >= 11 is 0. The molecule has 0 aromatic heterocycles. The van der Waals surface area contributed by atoms with Crippen molar-refractivity contribution < 1.29 is 19.1 Å². The Hall–Kier alpha value is -2.77. The fourth-order valence-corrected chi connectivity index (χ4v) is 3.27. The third-order valence-corrected chi connectivity index (χ3v) is 4.53. The highest BCUT2D eigenvalue weighted by Gasteiger charge is 2.33. The first-order chi connectivity index (χ1) is 12.0. The summed E-state index contributed by atoms with van der Waals surface area (Å²) in [6.45, 7) is 2.99. The Morgan fingerprint density at radius 1 is 1.36 bits per heavy atom. The van der Waals surface area contributed by atoms with Crippen LogP contribution in [0.15, 0.2) is 18.2 Å². The number of ether oxygens (including phenoxy) is 1. The largest absolute Gasteiger partial charge is 0.481 e. The van der Waals surface area contributed by atoms with Crippen LogP contribution in [0.5, 0.6) is 5.75 Å². The Morgan fingerprint density at radius 3 is 2.88 bits per heavy atom. The highest BCUT2D eigenvalue weighted by Crippen LogP contribution is 2.34. The van der Waals surface area contributed by atoms with E-state index in [0.29, 0.717) is 36.6 Å². The highest BCUT2D eigenvalue weighted by atomic mass is 16.5. The van der Waals surface area contributed by atoms with E-state index in [2.05, 4.69) is 10.6 Å². The Kier molecular flexibility index (Phi) is 4.78. The van der Waals surface area contributed by atoms with Gasteiger partial charge in [-0.1, -0.05) is 0 Å². The smallest absolute Gasteiger partial charge is 0.322 e. The lowest BCUT2D eigenvalue weighted by Crippen LogP contribution is -2.46. The van der Waals surface area contributed by atoms with Crippen molar-refractivity contribution >= 4 is 29.2 Å². The van der Waals surface area contributed by atoms with Gasteiger partial charge in [0.05, 0.1) is 5.69 Å². The number of carbonyl (C=O) groups is 3. The standard InChI is InChI=1S/C17H22N4O4/c1-3-20-12-7-6-11(9-14(12)25-10-15(20)22)19-17(24)21-8-4-5-13(21)16(23)18-2/h6-7,9,13H,3-5,8,10H2,1-2H3,(H,18,23)(H,19,24)/t13-/m0/s1. The summed E-state index contributed by atoms with van der Waals surface area (Å²) in [5, 5.41) is 5.40. The molecule has 1 fully saturated rings. The van der Waals surface area contributed by atoms with E-state index in [0.717, 1.165) is 6.42 Å². The second kappa shape index (κ2) is 7.00. The predicted molar refractivity (Wildman–Crippen MR) is 92.8 cm³/mol. The van der Waals surface area contributed by atoms with Crippen molar-refractivity contribution in [3.63, 3.8) is 0 Å². The molecule has 0 spiro atoms. The maximum Gasteiger partial charge on any atom is 0.322 e. The molecule has 134 valence electrons. The predicted octanol–water partition coefficient (Wildman–Crippen LogP) is 1.17. The van der Waals surface area contributed by atoms with E-state index in [-0.39, 0.29) is 24.5 Å². The lowest BCUT2D eigenvalue weighted by atomic mass is 10.2. The molecule has 0 aliphatic carbocycles. The van der Waals surface area contributed by atoms with Crippen molar-refractivity contribution in [3.05, 3.63) is 18.2 Å². The molecule has 2 heterocycles. The quantitative estimate of drug-likeness (QED) is 0.860. The Morgan fingerprint density at radius 2 is 2.16 bits per heavy atom. The van der Waals surface area contributed by atoms with Gasteiger partial charge < -0.3 is 25.2 Å². The molecule has 3 rings (SSSR count). The number of hydrogen-bond acceptors (Lipinski definition) is 4. The molecule has 2 aliphatic heterocycles. The third-order valence-electron chi connectivity index (χ3n) is 4.53. The van der Waals surface area contributed by atoms with Gasteiger partial charge in [0.1, 0.15) is 11.8 Å². The van der Waals surface area contributed by atoms with Crippen LogP contribution in [0.2, 0.25) is 0 Å². The SMILES string of the molecule is CCN1C(=O)COc2cc(NC(=O)N3CCC[C@H]3C(=O)NC)ccc21. The van der Waals surface area contributed by atoms with Crippen molar-refractivity contribution in [2.24, 2.45) is 0 Å². The molecule has 0 unspecified atom stereocenters. The van der Waals surface area contributed by atoms with Crippen LogP contribution in [-0.2, 0) is 9.59 Å². The summed E-state index contributed by atoms with van der Waals surface area (Å²) < 4.78 is 5.47. The van der Waals surface area contributed by atoms with Gasteiger partial charge >= 0.3 is 6.03 Å². The van der Waals surface area contributed by atoms with E-state index in [1.54, 1.807) is 35.0 Å². The molecule has 8 nitrogen and oxygen atoms in total. The molecule has 1 aromatic rings. The number of rotatable bonds is 3. The molecule has 25 heavy (non-hydrogen) atoms. The molecule has 1 saturated heterocycles. The number of nitrogens with one attached hydrogen (secondary N) is 2. The lowest BCUT2D eigenvalue weighted by molar-refractivity contribution is -0.124. The van der Waals surface area contributed by atoms with E-state index >= 15 is 0 Å². The van der Waals surface area contributed by atoms with Crippen LogP contribution < -0.4 is 20.3 Å². The summed E-state index contributed by atoms with van der Waals surface area (Å²) in [7, 11) is 1.57. The highest BCUT2D eigenvalue weighted by molar-refractivity contribution is 5.99. The molecule has 0 bridgehead atoms. The number of likely N-dealkylation sites (tertiary alicyclic amines) is 1. The molecule has 0 radical (unpaired) electrons. The first-order valence-electron chi connectivity index (χ1n) is 8.41. The number of likely N-dealkylation sites (N-methyl/N-ethyl adjacent to an activating group) is 2. The van der Waals surface area contributed by atoms with Crippen LogP contribution in [0.3, 0.4) is 0 Å². The van der Waals surface area contributed by atoms with E-state index in [1.165, 1.54) is 0 Å². The summed E-state index contributed by atoms with van der Waals surface area (Å²) in [5.74, 6) is 0.319. The average molecular weight is 346 g/mol. The van der Waals surface area contributed by atoms with Crippen LogP contribution in [0.25, 0.3) is 0 Å². The minimum absolute atomic E-state index is 0.0108. The minimum Gasteiger partial charge on any atom is -0.481 e. The van der Waals surface area contributed by atoms with Gasteiger partial charge in [0.25, 0.3) is 5.91 Å². The summed E-state index contributed by atoms with van der Waals surface area (Å²) in [6, 6.07) is 4.43. The molecule has 2 N–H and O–H groups in total. The third kappa shape index (κ3) is 3.24. The maximum absolute atomic E-state index is 12.5. The number of urea groups is 1. The van der Waals surface area contributed by atoms with Crippen LogP contribution >= 0.6 is 0 Å². The fourth-order valence-electron chi connectivity index (χ4n) is 3.27. The number of hydrogen-bond donors (Lipinski definition) is 2. The van der Waals surface area contributed by atoms with Crippen molar-refractivity contribution in [2.75, 3.05) is 37.0 Å². The van der Waals surface area contributed by atoms with Crippen LogP contribution in [0, 0.1) is 0 Å². The lowest BCUT2D eigenvalue weighted by Gasteiger charge is -2.29. The summed E-state index contributed by atoms with van der Waals surface area (Å²) in [4.78, 5) is 39.4. The van der Waals surface area contributed by atoms with Gasteiger partial charge in [-0.05, 0) is 31.9 Å². The minimum atomic E-state index is -0.438. The first kappa shape index (κ1) is 17.1. The molecule has 2 aliphatic rings. The molecular formula is C17H22N4O4. The van der Waals surface area contributed by atoms with Gasteiger partial charge in [0.2, 0.25) is 5.91 Å². The molecule has 0 saturated carbocycles. The second-order valence-electron chi connectivity index (χ2n) is 6.01. The summed E-state index contributed by atoms with van der Waals surface area (Å²) in [6.07, 6.45) is 1.46. The van der Waals surface area contributed by atoms with Gasteiger partial charge in [-0.25, -0.2) is 4.79 Å². The monoisotopic (exact) mass is 346 g/mol. The first-order valence-corrected chi connectivity index (χ1v) is 8.41. The van der Waals surface area contributed by atoms with Gasteiger partial charge in [-0.2, -0.15) is 0 Å². The second-order valence-corrected chi connectivity index (χ2v) is 6.01. The number of nitrogens with zero attached hydrogens (tertiary/aromatic N) is 2. The van der Waals surface area contributed by atoms with Crippen molar-refractivity contribution in [2.45, 2.75) is 25.8 Å². The van der Waals surface area contributed by atoms with Crippen molar-refractivity contribution in [1.29, 1.82) is 0 Å². The van der Waals surface area contributed by atoms with E-state index in [9.17, 15) is 14.4 Å². The number of amides is 4. The number of carbonyl (C=O) groups excluding carboxylic acids is 3. The Labute approximate surface area is 146 Å². The average Bonchev–Trinajstić information content (AvgIpc) is 3.11. The van der Waals surface area contributed by atoms with Crippen LogP contribution in [0.4, 0.5) is 16.2 Å². The normalized spacial score (nSPS) is 19.3. The maximum atomic E-state index is 12.5. The van der Waals surface area contributed by atoms with Gasteiger partial charge in [0.15, 0.2) is 6.61 Å². The van der Waals surface area contributed by atoms with Gasteiger partial charge in [-0.3, -0.25) is 9.59 Å². The topological polar surface area (TPSA) is 91.0 Å². The van der Waals surface area contributed by atoms with Crippen LogP contribution in [-0.4, -0.2) is 55.5 Å². The van der Waals surface area contributed by atoms with Crippen LogP contribution in [0.1, 0.15) is 19.8 Å². The van der Waals surface area contributed by atoms with E-state index in [4.69, 9.17) is 4.74 Å².